The van der Waals surface area contributed by atoms with E-state index in [-0.39, 0.29) is 6.04 Å². The first-order valence-electron chi connectivity index (χ1n) is 4.26. The molecule has 70 valence electrons. The second-order valence-electron chi connectivity index (χ2n) is 3.31. The molecule has 1 fully saturated rings. The molecule has 1 amide bonds. The van der Waals surface area contributed by atoms with E-state index in [9.17, 15) is 9.90 Å². The molecule has 0 heterocycles. The second-order valence-corrected chi connectivity index (χ2v) is 3.31. The van der Waals surface area contributed by atoms with Gasteiger partial charge in [0.05, 0.1) is 12.1 Å². The van der Waals surface area contributed by atoms with Crippen LogP contribution >= 0.6 is 0 Å². The molecule has 12 heavy (non-hydrogen) atoms. The summed E-state index contributed by atoms with van der Waals surface area (Å²) in [6.07, 6.45) is 2.09. The van der Waals surface area contributed by atoms with Crippen molar-refractivity contribution >= 4 is 6.09 Å². The van der Waals surface area contributed by atoms with Gasteiger partial charge in [-0.1, -0.05) is 12.8 Å². The number of nitrogens with zero attached hydrogens (tertiary/aromatic N) is 1. The van der Waals surface area contributed by atoms with E-state index in [0.717, 1.165) is 25.7 Å². The van der Waals surface area contributed by atoms with Gasteiger partial charge in [-0.15, -0.1) is 0 Å². The summed E-state index contributed by atoms with van der Waals surface area (Å²) < 4.78 is 0. The number of hydrogen-bond donors (Lipinski definition) is 2. The summed E-state index contributed by atoms with van der Waals surface area (Å²) in [5.74, 6) is 0. The Morgan fingerprint density at radius 1 is 1.42 bits per heavy atom. The van der Waals surface area contributed by atoms with Crippen LogP contribution in [0.4, 0.5) is 4.79 Å². The minimum absolute atomic E-state index is 0.198. The summed E-state index contributed by atoms with van der Waals surface area (Å²) in [6, 6.07) is -0.198. The summed E-state index contributed by atoms with van der Waals surface area (Å²) in [6.45, 7) is 0. The summed E-state index contributed by atoms with van der Waals surface area (Å²) in [7, 11) is 1.52. The first-order chi connectivity index (χ1) is 5.63. The van der Waals surface area contributed by atoms with Crippen molar-refractivity contribution in [3.05, 3.63) is 0 Å². The Morgan fingerprint density at radius 2 is 2.00 bits per heavy atom. The zero-order valence-electron chi connectivity index (χ0n) is 7.23. The van der Waals surface area contributed by atoms with Gasteiger partial charge < -0.3 is 15.1 Å². The molecule has 1 aliphatic rings. The fraction of sp³-hybridized carbons (Fsp3) is 0.875. The Morgan fingerprint density at radius 3 is 2.50 bits per heavy atom. The molecule has 1 aliphatic carbocycles. The first kappa shape index (κ1) is 9.32. The van der Waals surface area contributed by atoms with Crippen LogP contribution in [0.25, 0.3) is 0 Å². The monoisotopic (exact) mass is 173 g/mol. The third kappa shape index (κ3) is 1.88. The van der Waals surface area contributed by atoms with Crippen molar-refractivity contribution in [1.29, 1.82) is 0 Å². The summed E-state index contributed by atoms with van der Waals surface area (Å²) in [5.41, 5.74) is 0. The molecule has 0 aliphatic heterocycles. The van der Waals surface area contributed by atoms with E-state index in [1.807, 2.05) is 0 Å². The highest BCUT2D eigenvalue weighted by atomic mass is 16.4. The summed E-state index contributed by atoms with van der Waals surface area (Å²) in [4.78, 5) is 11.8. The van der Waals surface area contributed by atoms with E-state index in [1.165, 1.54) is 11.9 Å². The molecule has 4 nitrogen and oxygen atoms in total. The number of amides is 1. The Balaban J connectivity index is 2.53. The number of aliphatic hydroxyl groups excluding tert-OH is 1. The van der Waals surface area contributed by atoms with Gasteiger partial charge in [-0.2, -0.15) is 0 Å². The Bertz CT molecular complexity index is 172. The molecule has 0 aromatic carbocycles. The highest BCUT2D eigenvalue weighted by Gasteiger charge is 2.28. The van der Waals surface area contributed by atoms with Gasteiger partial charge in [0.2, 0.25) is 0 Å². The molecule has 0 aromatic rings. The predicted molar refractivity (Wildman–Crippen MR) is 44.1 cm³/mol. The van der Waals surface area contributed by atoms with Crippen LogP contribution in [0.1, 0.15) is 25.7 Å². The lowest BCUT2D eigenvalue weighted by Gasteiger charge is -2.33. The van der Waals surface area contributed by atoms with Crippen LogP contribution in [0.15, 0.2) is 0 Å². The van der Waals surface area contributed by atoms with Crippen LogP contribution in [-0.4, -0.2) is 40.4 Å². The largest absolute Gasteiger partial charge is 0.465 e. The molecule has 4 heteroatoms. The van der Waals surface area contributed by atoms with E-state index >= 15 is 0 Å². The predicted octanol–water partition coefficient (Wildman–Crippen LogP) is 0.900. The van der Waals surface area contributed by atoms with E-state index in [1.54, 1.807) is 0 Å². The summed E-state index contributed by atoms with van der Waals surface area (Å²) in [5, 5.41) is 18.2. The van der Waals surface area contributed by atoms with Gasteiger partial charge >= 0.3 is 6.09 Å². The molecule has 2 N–H and O–H groups in total. The van der Waals surface area contributed by atoms with Gasteiger partial charge in [-0.25, -0.2) is 4.79 Å². The van der Waals surface area contributed by atoms with Crippen LogP contribution in [0.2, 0.25) is 0 Å². The highest BCUT2D eigenvalue weighted by molar-refractivity contribution is 5.65. The van der Waals surface area contributed by atoms with Crippen molar-refractivity contribution in [2.24, 2.45) is 0 Å². The van der Waals surface area contributed by atoms with Crippen LogP contribution in [-0.2, 0) is 0 Å². The third-order valence-electron chi connectivity index (χ3n) is 2.49. The van der Waals surface area contributed by atoms with E-state index in [2.05, 4.69) is 0 Å². The Hall–Kier alpha value is -0.770. The number of carboxylic acid groups (broad SMARTS) is 1. The van der Waals surface area contributed by atoms with E-state index in [4.69, 9.17) is 5.11 Å². The number of likely N-dealkylation sites (N-methyl/N-ethyl adjacent to an activating group) is 1. The van der Waals surface area contributed by atoms with Gasteiger partial charge in [-0.05, 0) is 12.8 Å². The SMILES string of the molecule is CN(C(=O)O)[C@@H]1CCCC[C@H]1O. The fourth-order valence-electron chi connectivity index (χ4n) is 1.69. The molecule has 0 radical (unpaired) electrons. The number of aliphatic hydroxyl groups is 1. The lowest BCUT2D eigenvalue weighted by Crippen LogP contribution is -2.45. The van der Waals surface area contributed by atoms with Crippen LogP contribution < -0.4 is 0 Å². The number of carbonyl (C=O) groups is 1. The summed E-state index contributed by atoms with van der Waals surface area (Å²) >= 11 is 0. The normalized spacial score (nSPS) is 29.8. The van der Waals surface area contributed by atoms with Crippen LogP contribution in [0.5, 0.6) is 0 Å². The third-order valence-corrected chi connectivity index (χ3v) is 2.49. The molecule has 1 rings (SSSR count). The average Bonchev–Trinajstić information content (AvgIpc) is 2.04. The minimum atomic E-state index is -0.957. The zero-order chi connectivity index (χ0) is 9.14. The molecular weight excluding hydrogens is 158 g/mol. The number of rotatable bonds is 1. The molecule has 0 saturated heterocycles. The van der Waals surface area contributed by atoms with Crippen molar-refractivity contribution < 1.29 is 15.0 Å². The van der Waals surface area contributed by atoms with Gasteiger partial charge in [0.25, 0.3) is 0 Å². The fourth-order valence-corrected chi connectivity index (χ4v) is 1.69. The van der Waals surface area contributed by atoms with Crippen molar-refractivity contribution in [2.75, 3.05) is 7.05 Å². The van der Waals surface area contributed by atoms with Gasteiger partial charge in [-0.3, -0.25) is 0 Å². The zero-order valence-corrected chi connectivity index (χ0v) is 7.23. The first-order valence-corrected chi connectivity index (χ1v) is 4.26. The topological polar surface area (TPSA) is 60.8 Å². The maximum Gasteiger partial charge on any atom is 0.407 e. The van der Waals surface area contributed by atoms with Crippen LogP contribution in [0.3, 0.4) is 0 Å². The minimum Gasteiger partial charge on any atom is -0.465 e. The molecule has 2 atom stereocenters. The quantitative estimate of drug-likeness (QED) is 0.619. The molecule has 0 spiro atoms. The molecule has 0 aromatic heterocycles. The maximum absolute atomic E-state index is 10.6. The lowest BCUT2D eigenvalue weighted by molar-refractivity contribution is 0.0340. The smallest absolute Gasteiger partial charge is 0.407 e. The standard InChI is InChI=1S/C8H15NO3/c1-9(8(11)12)6-4-2-3-5-7(6)10/h6-7,10H,2-5H2,1H3,(H,11,12)/t6-,7-/m1/s1. The van der Waals surface area contributed by atoms with Crippen LogP contribution in [0, 0.1) is 0 Å². The van der Waals surface area contributed by atoms with E-state index in [0.29, 0.717) is 0 Å². The number of hydrogen-bond acceptors (Lipinski definition) is 2. The average molecular weight is 173 g/mol. The Labute approximate surface area is 71.8 Å². The van der Waals surface area contributed by atoms with Gasteiger partial charge in [0.1, 0.15) is 0 Å². The molecule has 1 saturated carbocycles. The maximum atomic E-state index is 10.6. The highest BCUT2D eigenvalue weighted by Crippen LogP contribution is 2.22. The van der Waals surface area contributed by atoms with Crippen molar-refractivity contribution in [2.45, 2.75) is 37.8 Å². The van der Waals surface area contributed by atoms with Crippen molar-refractivity contribution in [3.8, 4) is 0 Å². The lowest BCUT2D eigenvalue weighted by atomic mass is 9.92. The van der Waals surface area contributed by atoms with Gasteiger partial charge in [0, 0.05) is 7.05 Å². The second kappa shape index (κ2) is 3.76. The molecule has 0 unspecified atom stereocenters. The molecular formula is C8H15NO3. The Kier molecular flexibility index (Phi) is 2.92. The van der Waals surface area contributed by atoms with E-state index < -0.39 is 12.2 Å². The van der Waals surface area contributed by atoms with Crippen molar-refractivity contribution in [3.63, 3.8) is 0 Å². The molecule has 0 bridgehead atoms. The van der Waals surface area contributed by atoms with Gasteiger partial charge in [0.15, 0.2) is 0 Å². The van der Waals surface area contributed by atoms with Crippen molar-refractivity contribution in [1.82, 2.24) is 4.90 Å².